The second kappa shape index (κ2) is 10.4. The minimum absolute atomic E-state index is 0.213. The zero-order valence-corrected chi connectivity index (χ0v) is 22.3. The fraction of sp³-hybridized carbons (Fsp3) is 0.267. The first kappa shape index (κ1) is 27.0. The van der Waals surface area contributed by atoms with E-state index in [0.717, 1.165) is 16.5 Å². The number of aryl methyl sites for hydroxylation is 1. The molecule has 0 fully saturated rings. The van der Waals surface area contributed by atoms with Gasteiger partial charge in [0.15, 0.2) is 0 Å². The minimum atomic E-state index is -0.782. The monoisotopic (exact) mass is 519 g/mol. The number of pyridine rings is 1. The number of aromatic nitrogens is 2. The van der Waals surface area contributed by atoms with Gasteiger partial charge in [0.1, 0.15) is 23.0 Å². The number of halogens is 2. The molecule has 0 radical (unpaired) electrons. The molecule has 3 N–H and O–H groups in total. The van der Waals surface area contributed by atoms with Crippen molar-refractivity contribution < 1.29 is 23.4 Å². The Morgan fingerprint density at radius 2 is 1.87 bits per heavy atom. The summed E-state index contributed by atoms with van der Waals surface area (Å²) in [6.45, 7) is 8.41. The van der Waals surface area contributed by atoms with E-state index in [-0.39, 0.29) is 18.3 Å². The van der Waals surface area contributed by atoms with E-state index in [1.165, 1.54) is 25.3 Å². The van der Waals surface area contributed by atoms with Gasteiger partial charge in [0, 0.05) is 46.1 Å². The van der Waals surface area contributed by atoms with Crippen molar-refractivity contribution in [3.05, 3.63) is 76.6 Å². The molecular formula is C30H31F2N3O3. The molecule has 1 amide bonds. The topological polar surface area (TPSA) is 87.2 Å². The normalized spacial score (nSPS) is 12.2. The van der Waals surface area contributed by atoms with Crippen LogP contribution in [0, 0.1) is 25.5 Å². The molecule has 4 rings (SSSR count). The molecular weight excluding hydrogens is 488 g/mol. The molecule has 0 bridgehead atoms. The van der Waals surface area contributed by atoms with E-state index in [0.29, 0.717) is 44.8 Å². The number of aliphatic hydroxyl groups is 1. The number of H-pyrrole nitrogens is 1. The highest BCUT2D eigenvalue weighted by Gasteiger charge is 2.21. The molecule has 2 heterocycles. The van der Waals surface area contributed by atoms with Crippen molar-refractivity contribution in [2.45, 2.75) is 40.2 Å². The van der Waals surface area contributed by atoms with Crippen LogP contribution >= 0.6 is 0 Å². The molecule has 38 heavy (non-hydrogen) atoms. The van der Waals surface area contributed by atoms with Gasteiger partial charge < -0.3 is 20.1 Å². The maximum atomic E-state index is 14.8. The van der Waals surface area contributed by atoms with Gasteiger partial charge in [-0.15, -0.1) is 0 Å². The Morgan fingerprint density at radius 1 is 1.13 bits per heavy atom. The Labute approximate surface area is 220 Å². The van der Waals surface area contributed by atoms with E-state index in [1.807, 2.05) is 13.0 Å². The molecule has 0 aliphatic rings. The summed E-state index contributed by atoms with van der Waals surface area (Å²) in [7, 11) is 1.49. The number of nitrogens with zero attached hydrogens (tertiary/aromatic N) is 1. The summed E-state index contributed by atoms with van der Waals surface area (Å²) in [5, 5.41) is 13.0. The van der Waals surface area contributed by atoms with Crippen LogP contribution in [0.4, 0.5) is 8.78 Å². The summed E-state index contributed by atoms with van der Waals surface area (Å²) in [5.41, 5.74) is 4.84. The molecule has 0 saturated heterocycles. The SMILES string of the molecule is COc1cc(F)c(C)cc1-c1c[nH]c2ncc(-c3cc(F)cc(C=C(C)C(=O)NC(C)(C)CO)c3C)cc12. The lowest BCUT2D eigenvalue weighted by Crippen LogP contribution is -2.46. The maximum Gasteiger partial charge on any atom is 0.247 e. The quantitative estimate of drug-likeness (QED) is 0.258. The number of fused-ring (bicyclic) bond motifs is 1. The average Bonchev–Trinajstić information content (AvgIpc) is 3.30. The largest absolute Gasteiger partial charge is 0.496 e. The van der Waals surface area contributed by atoms with Crippen LogP contribution in [0.25, 0.3) is 39.4 Å². The number of amides is 1. The van der Waals surface area contributed by atoms with Crippen molar-refractivity contribution in [2.24, 2.45) is 0 Å². The number of ether oxygens (including phenoxy) is 1. The van der Waals surface area contributed by atoms with Crippen LogP contribution in [0.3, 0.4) is 0 Å². The zero-order valence-electron chi connectivity index (χ0n) is 22.3. The first-order valence-electron chi connectivity index (χ1n) is 12.2. The third kappa shape index (κ3) is 5.31. The van der Waals surface area contributed by atoms with Gasteiger partial charge in [-0.3, -0.25) is 4.79 Å². The Morgan fingerprint density at radius 3 is 2.55 bits per heavy atom. The van der Waals surface area contributed by atoms with Crippen LogP contribution in [0.1, 0.15) is 37.5 Å². The maximum absolute atomic E-state index is 14.8. The fourth-order valence-electron chi connectivity index (χ4n) is 4.31. The van der Waals surface area contributed by atoms with Crippen molar-refractivity contribution in [1.29, 1.82) is 0 Å². The van der Waals surface area contributed by atoms with Crippen molar-refractivity contribution in [3.63, 3.8) is 0 Å². The van der Waals surface area contributed by atoms with E-state index < -0.39 is 11.4 Å². The lowest BCUT2D eigenvalue weighted by molar-refractivity contribution is -0.119. The molecule has 2 aromatic carbocycles. The van der Waals surface area contributed by atoms with E-state index in [2.05, 4.69) is 15.3 Å². The van der Waals surface area contributed by atoms with Crippen molar-refractivity contribution in [3.8, 4) is 28.0 Å². The summed E-state index contributed by atoms with van der Waals surface area (Å²) < 4.78 is 34.4. The van der Waals surface area contributed by atoms with Crippen LogP contribution in [-0.2, 0) is 4.79 Å². The van der Waals surface area contributed by atoms with E-state index in [9.17, 15) is 18.7 Å². The van der Waals surface area contributed by atoms with Crippen molar-refractivity contribution in [2.75, 3.05) is 13.7 Å². The highest BCUT2D eigenvalue weighted by Crippen LogP contribution is 2.38. The Hall–Kier alpha value is -4.04. The number of hydrogen-bond acceptors (Lipinski definition) is 4. The molecule has 0 aliphatic carbocycles. The van der Waals surface area contributed by atoms with Gasteiger partial charge in [0.25, 0.3) is 0 Å². The molecule has 0 atom stereocenters. The lowest BCUT2D eigenvalue weighted by Gasteiger charge is -2.23. The molecule has 198 valence electrons. The molecule has 4 aromatic rings. The first-order valence-corrected chi connectivity index (χ1v) is 12.2. The Kier molecular flexibility index (Phi) is 7.37. The number of methoxy groups -OCH3 is 1. The van der Waals surface area contributed by atoms with Gasteiger partial charge in [-0.2, -0.15) is 0 Å². The summed E-state index contributed by atoms with van der Waals surface area (Å²) in [5.74, 6) is -0.764. The van der Waals surface area contributed by atoms with E-state index >= 15 is 0 Å². The van der Waals surface area contributed by atoms with Crippen LogP contribution < -0.4 is 10.1 Å². The second-order valence-corrected chi connectivity index (χ2v) is 10.1. The van der Waals surface area contributed by atoms with Crippen molar-refractivity contribution >= 4 is 23.0 Å². The summed E-state index contributed by atoms with van der Waals surface area (Å²) in [4.78, 5) is 20.3. The third-order valence-electron chi connectivity index (χ3n) is 6.60. The van der Waals surface area contributed by atoms with Crippen LogP contribution in [0.15, 0.2) is 48.3 Å². The minimum Gasteiger partial charge on any atom is -0.496 e. The molecule has 0 aliphatic heterocycles. The van der Waals surface area contributed by atoms with Crippen LogP contribution in [0.2, 0.25) is 0 Å². The Bertz CT molecular complexity index is 1570. The Balaban J connectivity index is 1.80. The van der Waals surface area contributed by atoms with Gasteiger partial charge in [-0.25, -0.2) is 13.8 Å². The van der Waals surface area contributed by atoms with Gasteiger partial charge in [0.2, 0.25) is 5.91 Å². The molecule has 0 saturated carbocycles. The lowest BCUT2D eigenvalue weighted by atomic mass is 9.94. The highest BCUT2D eigenvalue weighted by atomic mass is 19.1. The van der Waals surface area contributed by atoms with E-state index in [4.69, 9.17) is 4.74 Å². The summed E-state index contributed by atoms with van der Waals surface area (Å²) >= 11 is 0. The van der Waals surface area contributed by atoms with Gasteiger partial charge in [-0.05, 0) is 87.2 Å². The number of carbonyl (C=O) groups is 1. The predicted molar refractivity (Wildman–Crippen MR) is 146 cm³/mol. The van der Waals surface area contributed by atoms with Crippen LogP contribution in [0.5, 0.6) is 5.75 Å². The highest BCUT2D eigenvalue weighted by molar-refractivity contribution is 5.99. The second-order valence-electron chi connectivity index (χ2n) is 10.1. The van der Waals surface area contributed by atoms with Crippen molar-refractivity contribution in [1.82, 2.24) is 15.3 Å². The number of benzene rings is 2. The van der Waals surface area contributed by atoms with Gasteiger partial charge >= 0.3 is 0 Å². The van der Waals surface area contributed by atoms with Gasteiger partial charge in [0.05, 0.1) is 19.3 Å². The fourth-order valence-corrected chi connectivity index (χ4v) is 4.31. The smallest absolute Gasteiger partial charge is 0.247 e. The van der Waals surface area contributed by atoms with E-state index in [1.54, 1.807) is 52.2 Å². The average molecular weight is 520 g/mol. The number of nitrogens with one attached hydrogen (secondary N) is 2. The van der Waals surface area contributed by atoms with Crippen LogP contribution in [-0.4, -0.2) is 40.2 Å². The summed E-state index contributed by atoms with van der Waals surface area (Å²) in [6.07, 6.45) is 5.08. The van der Waals surface area contributed by atoms with Gasteiger partial charge in [-0.1, -0.05) is 0 Å². The third-order valence-corrected chi connectivity index (χ3v) is 6.60. The molecule has 2 aromatic heterocycles. The zero-order chi connectivity index (χ0) is 27.8. The first-order chi connectivity index (χ1) is 17.9. The number of hydrogen-bond donors (Lipinski definition) is 3. The standard InChI is InChI=1S/C30H31F2N3O3/c1-16-8-23(27(38-6)12-26(16)32)25-14-34-28-24(25)10-20(13-33-28)22-11-21(31)9-19(18(22)3)7-17(2)29(37)35-30(4,5)15-36/h7-14,36H,15H2,1-6H3,(H,33,34)(H,35,37). The molecule has 8 heteroatoms. The molecule has 0 spiro atoms. The number of rotatable bonds is 7. The summed E-state index contributed by atoms with van der Waals surface area (Å²) in [6, 6.07) is 7.81. The number of carbonyl (C=O) groups excluding carboxylic acids is 1. The molecule has 6 nitrogen and oxygen atoms in total. The number of aromatic amines is 1. The number of aliphatic hydroxyl groups excluding tert-OH is 1. The predicted octanol–water partition coefficient (Wildman–Crippen LogP) is 6.09. The molecule has 0 unspecified atom stereocenters.